The Kier molecular flexibility index (Phi) is 3.21. The van der Waals surface area contributed by atoms with Gasteiger partial charge in [-0.2, -0.15) is 8.96 Å². The van der Waals surface area contributed by atoms with Gasteiger partial charge in [-0.25, -0.2) is 4.79 Å². The molecule has 88 valence electrons. The molecule has 0 aliphatic rings. The van der Waals surface area contributed by atoms with Gasteiger partial charge in [-0.1, -0.05) is 4.98 Å². The monoisotopic (exact) mass is 231 g/mol. The lowest BCUT2D eigenvalue weighted by atomic mass is 10.3. The fourth-order valence-electron chi connectivity index (χ4n) is 1.12. The summed E-state index contributed by atoms with van der Waals surface area (Å²) in [5.74, 6) is -4.59. The molecule has 0 radical (unpaired) electrons. The Bertz CT molecular complexity index is 415. The Balaban J connectivity index is 3.11. The van der Waals surface area contributed by atoms with Crippen LogP contribution in [0, 0.1) is 10.1 Å². The average molecular weight is 231 g/mol. The number of halogens is 1. The van der Waals surface area contributed by atoms with Gasteiger partial charge in [0.15, 0.2) is 0 Å². The summed E-state index contributed by atoms with van der Waals surface area (Å²) in [6, 6.07) is 0. The normalized spacial score (nSPS) is 14.2. The van der Waals surface area contributed by atoms with Gasteiger partial charge in [0.05, 0.1) is 6.61 Å². The summed E-state index contributed by atoms with van der Waals surface area (Å²) in [7, 11) is 0. The van der Waals surface area contributed by atoms with E-state index in [1.807, 2.05) is 0 Å². The zero-order valence-corrected chi connectivity index (χ0v) is 8.71. The molecule has 1 aromatic rings. The zero-order chi connectivity index (χ0) is 12.3. The molecule has 0 N–H and O–H groups in total. The fourth-order valence-corrected chi connectivity index (χ4v) is 1.12. The third-order valence-electron chi connectivity index (χ3n) is 1.88. The summed E-state index contributed by atoms with van der Waals surface area (Å²) >= 11 is 0. The van der Waals surface area contributed by atoms with Crippen LogP contribution >= 0.6 is 0 Å². The van der Waals surface area contributed by atoms with Gasteiger partial charge in [-0.05, 0) is 11.8 Å². The highest BCUT2D eigenvalue weighted by Gasteiger charge is 2.43. The molecule has 0 spiro atoms. The van der Waals surface area contributed by atoms with Crippen LogP contribution in [0.2, 0.25) is 0 Å². The molecule has 1 unspecified atom stereocenters. The maximum atomic E-state index is 14.0. The van der Waals surface area contributed by atoms with E-state index in [4.69, 9.17) is 0 Å². The zero-order valence-electron chi connectivity index (χ0n) is 8.71. The van der Waals surface area contributed by atoms with Crippen LogP contribution in [-0.2, 0) is 15.3 Å². The number of carbonyl (C=O) groups is 1. The topological polar surface area (TPSA) is 87.3 Å². The van der Waals surface area contributed by atoms with E-state index in [0.717, 1.165) is 19.3 Å². The number of hydrogen-bond donors (Lipinski definition) is 0. The molecular formula is C8H10FN3O4. The molecule has 0 fully saturated rings. The molecular weight excluding hydrogens is 221 g/mol. The van der Waals surface area contributed by atoms with Gasteiger partial charge in [-0.3, -0.25) is 0 Å². The lowest BCUT2D eigenvalue weighted by Crippen LogP contribution is -2.36. The van der Waals surface area contributed by atoms with Crippen molar-refractivity contribution >= 4 is 11.9 Å². The van der Waals surface area contributed by atoms with E-state index in [0.29, 0.717) is 4.57 Å². The van der Waals surface area contributed by atoms with E-state index < -0.39 is 22.6 Å². The Morgan fingerprint density at radius 2 is 2.44 bits per heavy atom. The van der Waals surface area contributed by atoms with Crippen LogP contribution in [-0.4, -0.2) is 27.1 Å². The standard InChI is InChI=1S/C8H10FN3O4/c1-3-16-6(13)8(2,9)11-5-4-10-7(11)12(14)15/h4-5H,3H2,1-2H3. The van der Waals surface area contributed by atoms with Crippen LogP contribution in [0.5, 0.6) is 0 Å². The van der Waals surface area contributed by atoms with Crippen LogP contribution in [0.4, 0.5) is 10.3 Å². The first-order valence-electron chi connectivity index (χ1n) is 4.45. The van der Waals surface area contributed by atoms with Crippen LogP contribution in [0.25, 0.3) is 0 Å². The van der Waals surface area contributed by atoms with Crippen molar-refractivity contribution in [1.82, 2.24) is 9.55 Å². The molecule has 7 nitrogen and oxygen atoms in total. The molecule has 16 heavy (non-hydrogen) atoms. The van der Waals surface area contributed by atoms with Gasteiger partial charge in [0.2, 0.25) is 0 Å². The number of hydrogen-bond acceptors (Lipinski definition) is 5. The lowest BCUT2D eigenvalue weighted by Gasteiger charge is -2.16. The SMILES string of the molecule is CCOC(=O)C(C)(F)n1ccnc1[N+](=O)[O-]. The van der Waals surface area contributed by atoms with E-state index >= 15 is 0 Å². The van der Waals surface area contributed by atoms with Gasteiger partial charge in [0.1, 0.15) is 12.4 Å². The number of esters is 1. The quantitative estimate of drug-likeness (QED) is 0.438. The van der Waals surface area contributed by atoms with Crippen molar-refractivity contribution in [2.75, 3.05) is 6.61 Å². The fraction of sp³-hybridized carbons (Fsp3) is 0.500. The second kappa shape index (κ2) is 4.25. The molecule has 0 saturated heterocycles. The largest absolute Gasteiger partial charge is 0.461 e. The molecule has 0 aliphatic carbocycles. The number of carbonyl (C=O) groups excluding carboxylic acids is 1. The molecule has 1 atom stereocenters. The van der Waals surface area contributed by atoms with Gasteiger partial charge in [-0.15, -0.1) is 0 Å². The van der Waals surface area contributed by atoms with Crippen molar-refractivity contribution in [3.8, 4) is 0 Å². The summed E-state index contributed by atoms with van der Waals surface area (Å²) < 4.78 is 19.0. The summed E-state index contributed by atoms with van der Waals surface area (Å²) in [5.41, 5.74) is 0. The lowest BCUT2D eigenvalue weighted by molar-refractivity contribution is -0.398. The molecule has 0 saturated carbocycles. The molecule has 1 rings (SSSR count). The Morgan fingerprint density at radius 3 is 2.94 bits per heavy atom. The van der Waals surface area contributed by atoms with E-state index in [2.05, 4.69) is 9.72 Å². The van der Waals surface area contributed by atoms with E-state index in [1.165, 1.54) is 6.92 Å². The second-order valence-electron chi connectivity index (χ2n) is 3.03. The molecule has 0 bridgehead atoms. The first-order valence-corrected chi connectivity index (χ1v) is 4.45. The van der Waals surface area contributed by atoms with Crippen molar-refractivity contribution < 1.29 is 18.8 Å². The highest BCUT2D eigenvalue weighted by Crippen LogP contribution is 2.24. The Morgan fingerprint density at radius 1 is 1.81 bits per heavy atom. The molecule has 0 amide bonds. The van der Waals surface area contributed by atoms with Crippen molar-refractivity contribution in [3.63, 3.8) is 0 Å². The molecule has 0 aliphatic heterocycles. The minimum absolute atomic E-state index is 0.0131. The number of rotatable bonds is 4. The van der Waals surface area contributed by atoms with Crippen molar-refractivity contribution in [2.45, 2.75) is 19.6 Å². The van der Waals surface area contributed by atoms with Gasteiger partial charge >= 0.3 is 17.7 Å². The highest BCUT2D eigenvalue weighted by atomic mass is 19.1. The molecule has 8 heteroatoms. The maximum Gasteiger partial charge on any atom is 0.437 e. The van der Waals surface area contributed by atoms with Crippen molar-refractivity contribution in [3.05, 3.63) is 22.5 Å². The van der Waals surface area contributed by atoms with Crippen LogP contribution in [0.1, 0.15) is 13.8 Å². The number of aromatic nitrogens is 2. The van der Waals surface area contributed by atoms with E-state index in [9.17, 15) is 19.3 Å². The second-order valence-corrected chi connectivity index (χ2v) is 3.03. The minimum Gasteiger partial charge on any atom is -0.461 e. The Hall–Kier alpha value is -1.99. The number of ether oxygens (including phenoxy) is 1. The summed E-state index contributed by atoms with van der Waals surface area (Å²) in [6.45, 7) is 2.37. The molecule has 1 heterocycles. The first kappa shape index (κ1) is 12.1. The third kappa shape index (κ3) is 2.00. The number of imidazole rings is 1. The van der Waals surface area contributed by atoms with Gasteiger partial charge in [0.25, 0.3) is 0 Å². The minimum atomic E-state index is -2.64. The molecule has 0 aromatic carbocycles. The average Bonchev–Trinajstić information content (AvgIpc) is 2.66. The van der Waals surface area contributed by atoms with Crippen molar-refractivity contribution in [2.24, 2.45) is 0 Å². The maximum absolute atomic E-state index is 14.0. The smallest absolute Gasteiger partial charge is 0.437 e. The highest BCUT2D eigenvalue weighted by molar-refractivity contribution is 5.76. The summed E-state index contributed by atoms with van der Waals surface area (Å²) in [5, 5.41) is 10.5. The summed E-state index contributed by atoms with van der Waals surface area (Å²) in [6.07, 6.45) is 2.05. The number of alkyl halides is 1. The first-order chi connectivity index (χ1) is 7.41. The predicted octanol–water partition coefficient (Wildman–Crippen LogP) is 0.997. The van der Waals surface area contributed by atoms with Gasteiger partial charge in [0, 0.05) is 6.92 Å². The van der Waals surface area contributed by atoms with Crippen LogP contribution in [0.3, 0.4) is 0 Å². The number of nitro groups is 1. The van der Waals surface area contributed by atoms with Crippen LogP contribution in [0.15, 0.2) is 12.4 Å². The van der Waals surface area contributed by atoms with Gasteiger partial charge < -0.3 is 14.9 Å². The van der Waals surface area contributed by atoms with Crippen LogP contribution < -0.4 is 0 Å². The number of nitrogens with zero attached hydrogens (tertiary/aromatic N) is 3. The molecule has 1 aromatic heterocycles. The van der Waals surface area contributed by atoms with E-state index in [1.54, 1.807) is 0 Å². The third-order valence-corrected chi connectivity index (χ3v) is 1.88. The Labute approximate surface area is 90.0 Å². The predicted molar refractivity (Wildman–Crippen MR) is 50.3 cm³/mol. The van der Waals surface area contributed by atoms with Crippen molar-refractivity contribution in [1.29, 1.82) is 0 Å². The van der Waals surface area contributed by atoms with E-state index in [-0.39, 0.29) is 6.61 Å². The summed E-state index contributed by atoms with van der Waals surface area (Å²) in [4.78, 5) is 24.2.